The molecule has 0 bridgehead atoms. The molecular formula is C47H54ClFO. The van der Waals surface area contributed by atoms with Crippen molar-refractivity contribution in [2.75, 3.05) is 0 Å². The second kappa shape index (κ2) is 17.6. The molecule has 1 saturated carbocycles. The van der Waals surface area contributed by atoms with Crippen LogP contribution in [0.4, 0.5) is 4.39 Å². The van der Waals surface area contributed by atoms with Gasteiger partial charge in [0.25, 0.3) is 0 Å². The van der Waals surface area contributed by atoms with Crippen molar-refractivity contribution in [1.82, 2.24) is 0 Å². The third-order valence-electron chi connectivity index (χ3n) is 11.5. The molecule has 4 aliphatic carbocycles. The first kappa shape index (κ1) is 36.3. The van der Waals surface area contributed by atoms with E-state index in [1.54, 1.807) is 6.08 Å². The summed E-state index contributed by atoms with van der Waals surface area (Å²) in [7, 11) is 0. The predicted octanol–water partition coefficient (Wildman–Crippen LogP) is 14.0. The van der Waals surface area contributed by atoms with Gasteiger partial charge in [0, 0.05) is 28.2 Å². The number of hydrogen-bond acceptors (Lipinski definition) is 1. The molecule has 6 rings (SSSR count). The monoisotopic (exact) mass is 688 g/mol. The summed E-state index contributed by atoms with van der Waals surface area (Å²) in [6.45, 7) is 4.60. The number of Topliss-reactive ketones (excluding diaryl/α,β-unsaturated/α-hetero) is 1. The molecule has 3 heteroatoms. The van der Waals surface area contributed by atoms with Crippen molar-refractivity contribution in [3.63, 3.8) is 0 Å². The molecule has 0 heterocycles. The van der Waals surface area contributed by atoms with E-state index in [1.165, 1.54) is 54.4 Å². The first-order valence-electron chi connectivity index (χ1n) is 19.3. The van der Waals surface area contributed by atoms with Gasteiger partial charge in [0.2, 0.25) is 0 Å². The fourth-order valence-electron chi connectivity index (χ4n) is 8.20. The minimum absolute atomic E-state index is 0.128. The summed E-state index contributed by atoms with van der Waals surface area (Å²) in [4.78, 5) is 13.8. The molecule has 3 unspecified atom stereocenters. The van der Waals surface area contributed by atoms with Crippen LogP contribution in [0.2, 0.25) is 5.02 Å². The minimum atomic E-state index is -0.235. The normalized spacial score (nSPS) is 23.8. The molecule has 0 aromatic heterocycles. The number of carbonyl (C=O) groups is 1. The second-order valence-corrected chi connectivity index (χ2v) is 15.5. The van der Waals surface area contributed by atoms with Crippen molar-refractivity contribution < 1.29 is 9.18 Å². The Hall–Kier alpha value is -3.49. The fourth-order valence-corrected chi connectivity index (χ4v) is 8.49. The van der Waals surface area contributed by atoms with Crippen LogP contribution in [0.5, 0.6) is 0 Å². The van der Waals surface area contributed by atoms with Crippen LogP contribution >= 0.6 is 11.6 Å². The Morgan fingerprint density at radius 3 is 2.48 bits per heavy atom. The Kier molecular flexibility index (Phi) is 12.8. The summed E-state index contributed by atoms with van der Waals surface area (Å²) in [6, 6.07) is 15.2. The Morgan fingerprint density at radius 2 is 1.68 bits per heavy atom. The van der Waals surface area contributed by atoms with Crippen molar-refractivity contribution in [2.45, 2.75) is 116 Å². The molecule has 0 aliphatic heterocycles. The zero-order valence-electron chi connectivity index (χ0n) is 30.2. The molecule has 262 valence electrons. The lowest BCUT2D eigenvalue weighted by atomic mass is 9.82. The highest BCUT2D eigenvalue weighted by atomic mass is 35.5. The van der Waals surface area contributed by atoms with E-state index in [9.17, 15) is 9.18 Å². The van der Waals surface area contributed by atoms with Crippen molar-refractivity contribution in [1.29, 1.82) is 0 Å². The number of ketones is 1. The number of halogens is 2. The van der Waals surface area contributed by atoms with Gasteiger partial charge in [-0.1, -0.05) is 135 Å². The zero-order chi connectivity index (χ0) is 34.9. The average molecular weight is 689 g/mol. The standard InChI is InChI=1S/C47H54ClFO/c1-3-34-29-40-26-22-35(18-19-36-20-24-38(25-21-36)37-14-10-11-33(2)17-23-37)12-8-9-13-39(40)31-44(47(50)30-34)43-28-27-41(32-45(43)48)42-15-6-4-5-7-16-46(42)49/h4-5,9,13,15-16,20-22,24-25,27-28,31-34,37H,3,6-8,10-12,14,17-19,23,26,29-30H2,1-2H3. The maximum Gasteiger partial charge on any atom is 0.163 e. The lowest BCUT2D eigenvalue weighted by Gasteiger charge is -2.22. The summed E-state index contributed by atoms with van der Waals surface area (Å²) >= 11 is 6.94. The number of carbonyl (C=O) groups excluding carboxylic acids is 1. The molecule has 0 spiro atoms. The van der Waals surface area contributed by atoms with Crippen LogP contribution in [-0.2, 0) is 11.2 Å². The van der Waals surface area contributed by atoms with E-state index in [0.29, 0.717) is 35.4 Å². The third kappa shape index (κ3) is 9.43. The van der Waals surface area contributed by atoms with Gasteiger partial charge in [0.15, 0.2) is 5.78 Å². The van der Waals surface area contributed by atoms with Crippen LogP contribution in [0.15, 0.2) is 114 Å². The molecule has 2 aromatic rings. The van der Waals surface area contributed by atoms with Crippen LogP contribution < -0.4 is 0 Å². The smallest absolute Gasteiger partial charge is 0.163 e. The van der Waals surface area contributed by atoms with Gasteiger partial charge in [0.05, 0.1) is 0 Å². The predicted molar refractivity (Wildman–Crippen MR) is 211 cm³/mol. The molecule has 4 aliphatic rings. The first-order chi connectivity index (χ1) is 24.4. The zero-order valence-corrected chi connectivity index (χ0v) is 30.9. The minimum Gasteiger partial charge on any atom is -0.294 e. The van der Waals surface area contributed by atoms with Gasteiger partial charge in [0.1, 0.15) is 5.83 Å². The molecule has 1 fully saturated rings. The van der Waals surface area contributed by atoms with Gasteiger partial charge >= 0.3 is 0 Å². The topological polar surface area (TPSA) is 17.1 Å². The lowest BCUT2D eigenvalue weighted by Crippen LogP contribution is -2.14. The van der Waals surface area contributed by atoms with E-state index < -0.39 is 0 Å². The van der Waals surface area contributed by atoms with Gasteiger partial charge in [-0.25, -0.2) is 4.39 Å². The Bertz CT molecular complexity index is 1740. The summed E-state index contributed by atoms with van der Waals surface area (Å²) < 4.78 is 15.0. The third-order valence-corrected chi connectivity index (χ3v) is 11.8. The van der Waals surface area contributed by atoms with Crippen LogP contribution in [0.3, 0.4) is 0 Å². The highest BCUT2D eigenvalue weighted by Gasteiger charge is 2.25. The van der Waals surface area contributed by atoms with E-state index in [1.807, 2.05) is 36.4 Å². The van der Waals surface area contributed by atoms with Crippen LogP contribution in [-0.4, -0.2) is 5.78 Å². The SMILES string of the molecule is CCC1CC(=O)C(c2ccc(C3=CCC=CCC=C3F)cc2Cl)=CC2=C(CC=C(CCc3ccc(C4CCCC(C)CC4)cc3)CCC=C2)C1. The molecule has 50 heavy (non-hydrogen) atoms. The van der Waals surface area contributed by atoms with Crippen molar-refractivity contribution in [3.05, 3.63) is 141 Å². The largest absolute Gasteiger partial charge is 0.294 e. The molecular weight excluding hydrogens is 635 g/mol. The quantitative estimate of drug-likeness (QED) is 0.209. The molecule has 0 saturated heterocycles. The molecule has 0 amide bonds. The molecule has 3 atom stereocenters. The fraction of sp³-hybridized carbons (Fsp3) is 0.426. The van der Waals surface area contributed by atoms with Crippen molar-refractivity contribution in [3.8, 4) is 0 Å². The molecule has 0 N–H and O–H groups in total. The van der Waals surface area contributed by atoms with Gasteiger partial charge in [-0.3, -0.25) is 4.79 Å². The summed E-state index contributed by atoms with van der Waals surface area (Å²) in [6.07, 6.45) is 32.1. The maximum absolute atomic E-state index is 15.0. The maximum atomic E-state index is 15.0. The number of hydrogen-bond donors (Lipinski definition) is 0. The van der Waals surface area contributed by atoms with E-state index in [2.05, 4.69) is 62.4 Å². The van der Waals surface area contributed by atoms with Gasteiger partial charge in [-0.15, -0.1) is 0 Å². The van der Waals surface area contributed by atoms with E-state index >= 15 is 0 Å². The summed E-state index contributed by atoms with van der Waals surface area (Å²) in [5, 5.41) is 0.482. The number of rotatable bonds is 7. The van der Waals surface area contributed by atoms with Gasteiger partial charge < -0.3 is 0 Å². The van der Waals surface area contributed by atoms with Crippen molar-refractivity contribution in [2.24, 2.45) is 11.8 Å². The number of aryl methyl sites for hydroxylation is 1. The van der Waals surface area contributed by atoms with Crippen LogP contribution in [0, 0.1) is 11.8 Å². The highest BCUT2D eigenvalue weighted by Crippen LogP contribution is 2.38. The first-order valence-corrected chi connectivity index (χ1v) is 19.7. The Morgan fingerprint density at radius 1 is 0.860 bits per heavy atom. The van der Waals surface area contributed by atoms with Crippen LogP contribution in [0.1, 0.15) is 132 Å². The summed E-state index contributed by atoms with van der Waals surface area (Å²) in [5.74, 6) is 1.77. The molecule has 2 aromatic carbocycles. The van der Waals surface area contributed by atoms with Crippen molar-refractivity contribution >= 4 is 28.5 Å². The highest BCUT2D eigenvalue weighted by molar-refractivity contribution is 6.35. The number of allylic oxidation sites excluding steroid dienone is 14. The summed E-state index contributed by atoms with van der Waals surface area (Å²) in [5.41, 5.74) is 9.69. The van der Waals surface area contributed by atoms with Gasteiger partial charge in [-0.2, -0.15) is 0 Å². The lowest BCUT2D eigenvalue weighted by molar-refractivity contribution is -0.114. The van der Waals surface area contributed by atoms with E-state index in [4.69, 9.17) is 11.6 Å². The van der Waals surface area contributed by atoms with E-state index in [0.717, 1.165) is 73.5 Å². The molecule has 1 nitrogen and oxygen atoms in total. The molecule has 0 radical (unpaired) electrons. The van der Waals surface area contributed by atoms with Crippen LogP contribution in [0.25, 0.3) is 11.1 Å². The Balaban J connectivity index is 1.21. The Labute approximate surface area is 305 Å². The average Bonchev–Trinajstić information content (AvgIpc) is 3.28. The van der Waals surface area contributed by atoms with Gasteiger partial charge in [-0.05, 0) is 122 Å². The number of benzene rings is 2. The van der Waals surface area contributed by atoms with E-state index in [-0.39, 0.29) is 17.5 Å². The second-order valence-electron chi connectivity index (χ2n) is 15.1.